The van der Waals surface area contributed by atoms with Crippen molar-refractivity contribution in [2.24, 2.45) is 0 Å². The lowest BCUT2D eigenvalue weighted by Gasteiger charge is -2.19. The van der Waals surface area contributed by atoms with Crippen molar-refractivity contribution in [2.45, 2.75) is 38.8 Å². The van der Waals surface area contributed by atoms with Gasteiger partial charge in [-0.1, -0.05) is 55.3 Å². The second-order valence-electron chi connectivity index (χ2n) is 4.73. The Labute approximate surface area is 114 Å². The molecular formula is C15H22N4. The first-order valence-electron chi connectivity index (χ1n) is 7.02. The highest BCUT2D eigenvalue weighted by atomic mass is 15.4. The number of rotatable bonds is 8. The molecule has 1 aromatic carbocycles. The van der Waals surface area contributed by atoms with E-state index < -0.39 is 0 Å². The Morgan fingerprint density at radius 1 is 1.26 bits per heavy atom. The second kappa shape index (κ2) is 7.69. The molecule has 0 aliphatic heterocycles. The van der Waals surface area contributed by atoms with Gasteiger partial charge < -0.3 is 5.32 Å². The Morgan fingerprint density at radius 2 is 2.11 bits per heavy atom. The number of hydrogen-bond donors (Lipinski definition) is 1. The van der Waals surface area contributed by atoms with E-state index in [4.69, 9.17) is 0 Å². The first-order chi connectivity index (χ1) is 9.40. The van der Waals surface area contributed by atoms with Crippen molar-refractivity contribution in [1.29, 1.82) is 0 Å². The van der Waals surface area contributed by atoms with Crippen LogP contribution in [0.5, 0.6) is 0 Å². The molecule has 0 fully saturated rings. The first-order valence-corrected chi connectivity index (χ1v) is 7.02. The maximum absolute atomic E-state index is 3.97. The number of hydrogen-bond acceptors (Lipinski definition) is 3. The zero-order valence-electron chi connectivity index (χ0n) is 11.5. The molecule has 4 heteroatoms. The van der Waals surface area contributed by atoms with Gasteiger partial charge in [-0.3, -0.25) is 4.68 Å². The lowest BCUT2D eigenvalue weighted by molar-refractivity contribution is 0.449. The SMILES string of the molecule is CCCCC(NCCn1ccnn1)c1ccccc1. The van der Waals surface area contributed by atoms with E-state index in [0.717, 1.165) is 13.1 Å². The van der Waals surface area contributed by atoms with E-state index in [1.807, 2.05) is 10.9 Å². The second-order valence-corrected chi connectivity index (χ2v) is 4.73. The van der Waals surface area contributed by atoms with E-state index in [1.54, 1.807) is 6.20 Å². The van der Waals surface area contributed by atoms with E-state index in [9.17, 15) is 0 Å². The molecule has 1 unspecified atom stereocenters. The van der Waals surface area contributed by atoms with Crippen LogP contribution in [0, 0.1) is 0 Å². The fraction of sp³-hybridized carbons (Fsp3) is 0.467. The van der Waals surface area contributed by atoms with E-state index in [2.05, 4.69) is 52.9 Å². The summed E-state index contributed by atoms with van der Waals surface area (Å²) in [5.74, 6) is 0. The molecule has 102 valence electrons. The van der Waals surface area contributed by atoms with Crippen LogP contribution < -0.4 is 5.32 Å². The van der Waals surface area contributed by atoms with Gasteiger partial charge in [0.2, 0.25) is 0 Å². The van der Waals surface area contributed by atoms with Gasteiger partial charge in [-0.05, 0) is 12.0 Å². The Hall–Kier alpha value is -1.68. The van der Waals surface area contributed by atoms with Crippen molar-refractivity contribution in [3.8, 4) is 0 Å². The Balaban J connectivity index is 1.87. The van der Waals surface area contributed by atoms with Crippen LogP contribution in [-0.2, 0) is 6.54 Å². The van der Waals surface area contributed by atoms with Gasteiger partial charge in [0.25, 0.3) is 0 Å². The third kappa shape index (κ3) is 4.48. The molecular weight excluding hydrogens is 236 g/mol. The van der Waals surface area contributed by atoms with E-state index in [-0.39, 0.29) is 0 Å². The molecule has 1 N–H and O–H groups in total. The molecule has 2 rings (SSSR count). The lowest BCUT2D eigenvalue weighted by atomic mass is 10.0. The highest BCUT2D eigenvalue weighted by Gasteiger charge is 2.09. The molecule has 0 radical (unpaired) electrons. The minimum Gasteiger partial charge on any atom is -0.308 e. The largest absolute Gasteiger partial charge is 0.308 e. The summed E-state index contributed by atoms with van der Waals surface area (Å²) in [5, 5.41) is 11.4. The van der Waals surface area contributed by atoms with Crippen molar-refractivity contribution < 1.29 is 0 Å². The molecule has 1 aromatic heterocycles. The Bertz CT molecular complexity index is 438. The van der Waals surface area contributed by atoms with Crippen molar-refractivity contribution in [1.82, 2.24) is 20.3 Å². The molecule has 1 heterocycles. The quantitative estimate of drug-likeness (QED) is 0.791. The standard InChI is InChI=1S/C15H22N4/c1-2-3-9-15(14-7-5-4-6-8-14)16-10-12-19-13-11-17-18-19/h4-8,11,13,15-16H,2-3,9-10,12H2,1H3. The number of aromatic nitrogens is 3. The van der Waals surface area contributed by atoms with Crippen LogP contribution in [0.25, 0.3) is 0 Å². The van der Waals surface area contributed by atoms with Gasteiger partial charge in [0.1, 0.15) is 0 Å². The summed E-state index contributed by atoms with van der Waals surface area (Å²) in [6.45, 7) is 4.00. The predicted molar refractivity (Wildman–Crippen MR) is 76.7 cm³/mol. The average molecular weight is 258 g/mol. The minimum atomic E-state index is 0.435. The Kier molecular flexibility index (Phi) is 5.56. The smallest absolute Gasteiger partial charge is 0.0692 e. The topological polar surface area (TPSA) is 42.7 Å². The van der Waals surface area contributed by atoms with E-state index in [1.165, 1.54) is 24.8 Å². The van der Waals surface area contributed by atoms with Crippen LogP contribution in [0.1, 0.15) is 37.8 Å². The highest BCUT2D eigenvalue weighted by Crippen LogP contribution is 2.18. The van der Waals surface area contributed by atoms with Gasteiger partial charge in [-0.25, -0.2) is 0 Å². The van der Waals surface area contributed by atoms with Crippen molar-refractivity contribution in [3.05, 3.63) is 48.3 Å². The molecule has 0 aliphatic rings. The summed E-state index contributed by atoms with van der Waals surface area (Å²) < 4.78 is 1.86. The summed E-state index contributed by atoms with van der Waals surface area (Å²) >= 11 is 0. The van der Waals surface area contributed by atoms with Crippen LogP contribution in [0.4, 0.5) is 0 Å². The van der Waals surface area contributed by atoms with Gasteiger partial charge >= 0.3 is 0 Å². The number of nitrogens with one attached hydrogen (secondary N) is 1. The van der Waals surface area contributed by atoms with Gasteiger partial charge in [-0.15, -0.1) is 5.10 Å². The van der Waals surface area contributed by atoms with E-state index >= 15 is 0 Å². The normalized spacial score (nSPS) is 12.5. The molecule has 0 amide bonds. The molecule has 0 saturated carbocycles. The van der Waals surface area contributed by atoms with Gasteiger partial charge in [0.15, 0.2) is 0 Å². The summed E-state index contributed by atoms with van der Waals surface area (Å²) in [7, 11) is 0. The average Bonchev–Trinajstić information content (AvgIpc) is 2.97. The molecule has 4 nitrogen and oxygen atoms in total. The highest BCUT2D eigenvalue weighted by molar-refractivity contribution is 5.18. The monoisotopic (exact) mass is 258 g/mol. The molecule has 1 atom stereocenters. The number of benzene rings is 1. The van der Waals surface area contributed by atoms with Crippen molar-refractivity contribution in [3.63, 3.8) is 0 Å². The predicted octanol–water partition coefficient (Wildman–Crippen LogP) is 2.80. The third-order valence-electron chi connectivity index (χ3n) is 3.25. The van der Waals surface area contributed by atoms with Gasteiger partial charge in [0.05, 0.1) is 12.7 Å². The van der Waals surface area contributed by atoms with Crippen molar-refractivity contribution >= 4 is 0 Å². The first kappa shape index (κ1) is 13.7. The summed E-state index contributed by atoms with van der Waals surface area (Å²) in [6.07, 6.45) is 7.26. The molecule has 2 aromatic rings. The minimum absolute atomic E-state index is 0.435. The zero-order valence-corrected chi connectivity index (χ0v) is 11.5. The molecule has 0 saturated heterocycles. The van der Waals surface area contributed by atoms with Crippen LogP contribution >= 0.6 is 0 Å². The zero-order chi connectivity index (χ0) is 13.3. The molecule has 0 spiro atoms. The molecule has 0 bridgehead atoms. The summed E-state index contributed by atoms with van der Waals surface area (Å²) in [4.78, 5) is 0. The maximum Gasteiger partial charge on any atom is 0.0692 e. The van der Waals surface area contributed by atoms with Crippen LogP contribution in [0.2, 0.25) is 0 Å². The number of nitrogens with zero attached hydrogens (tertiary/aromatic N) is 3. The third-order valence-corrected chi connectivity index (χ3v) is 3.25. The fourth-order valence-electron chi connectivity index (χ4n) is 2.19. The fourth-order valence-corrected chi connectivity index (χ4v) is 2.19. The van der Waals surface area contributed by atoms with Crippen molar-refractivity contribution in [2.75, 3.05) is 6.54 Å². The Morgan fingerprint density at radius 3 is 2.79 bits per heavy atom. The maximum atomic E-state index is 3.97. The molecule has 0 aliphatic carbocycles. The van der Waals surface area contributed by atoms with Gasteiger partial charge in [-0.2, -0.15) is 0 Å². The van der Waals surface area contributed by atoms with Crippen LogP contribution in [0.3, 0.4) is 0 Å². The van der Waals surface area contributed by atoms with Crippen LogP contribution in [0.15, 0.2) is 42.7 Å². The summed E-state index contributed by atoms with van der Waals surface area (Å²) in [5.41, 5.74) is 1.37. The van der Waals surface area contributed by atoms with Crippen LogP contribution in [-0.4, -0.2) is 21.5 Å². The molecule has 19 heavy (non-hydrogen) atoms. The number of unbranched alkanes of at least 4 members (excludes halogenated alkanes) is 1. The van der Waals surface area contributed by atoms with E-state index in [0.29, 0.717) is 6.04 Å². The van der Waals surface area contributed by atoms with Gasteiger partial charge in [0, 0.05) is 18.8 Å². The lowest BCUT2D eigenvalue weighted by Crippen LogP contribution is -2.25. The summed E-state index contributed by atoms with van der Waals surface area (Å²) in [6, 6.07) is 11.1.